The SMILES string of the molecule is CCCCCCCCCCCCCCCCCCCC(=O)O[C@H](COC(=O)CCCCCCCCCCCCCC)COP(=O)(O)OC[C@@H](O)COP(=O)(O)OC[C@@H](COC(=O)CCCCCCCCCC(C)C)OC(=O)CCCCCCCCCCCCC. The van der Waals surface area contributed by atoms with Crippen LogP contribution in [-0.2, 0) is 65.4 Å². The smallest absolute Gasteiger partial charge is 0.462 e. The lowest BCUT2D eigenvalue weighted by Gasteiger charge is -2.21. The fourth-order valence-electron chi connectivity index (χ4n) is 10.8. The van der Waals surface area contributed by atoms with Gasteiger partial charge in [0.2, 0.25) is 0 Å². The molecular weight excluding hydrogens is 1190 g/mol. The van der Waals surface area contributed by atoms with E-state index in [1.54, 1.807) is 0 Å². The first-order valence-electron chi connectivity index (χ1n) is 37.1. The number of unbranched alkanes of at least 4 members (excludes halogenated alkanes) is 43. The zero-order valence-electron chi connectivity index (χ0n) is 58.3. The summed E-state index contributed by atoms with van der Waals surface area (Å²) >= 11 is 0. The van der Waals surface area contributed by atoms with E-state index in [0.717, 1.165) is 96.3 Å². The van der Waals surface area contributed by atoms with Gasteiger partial charge in [0, 0.05) is 25.7 Å². The zero-order valence-corrected chi connectivity index (χ0v) is 60.1. The Labute approximate surface area is 549 Å². The van der Waals surface area contributed by atoms with Crippen molar-refractivity contribution in [2.75, 3.05) is 39.6 Å². The standard InChI is InChI=1S/C71H138O17P2/c1-6-9-12-15-18-21-24-26-27-28-29-30-33-36-41-47-52-57-71(76)87-66(60-81-68(73)54-49-44-39-34-32-25-22-19-16-13-10-7-2)62-85-89(77,78)83-58-65(72)59-84-90(79,80)86-63-67(61-82-69(74)55-50-45-42-37-38-43-48-53-64(4)5)88-70(75)56-51-46-40-35-31-23-20-17-14-11-8-3/h64-67,72H,6-63H2,1-5H3,(H,77,78)(H,79,80)/t65-,66-,67-/m1/s1. The lowest BCUT2D eigenvalue weighted by molar-refractivity contribution is -0.161. The average Bonchev–Trinajstić information content (AvgIpc) is 2.98. The normalized spacial score (nSPS) is 14.1. The van der Waals surface area contributed by atoms with Crippen LogP contribution in [-0.4, -0.2) is 96.7 Å². The minimum absolute atomic E-state index is 0.106. The largest absolute Gasteiger partial charge is 0.472 e. The highest BCUT2D eigenvalue weighted by Crippen LogP contribution is 2.45. The van der Waals surface area contributed by atoms with Crippen molar-refractivity contribution in [2.24, 2.45) is 5.92 Å². The molecule has 0 aliphatic rings. The van der Waals surface area contributed by atoms with Crippen molar-refractivity contribution in [1.82, 2.24) is 0 Å². The average molecular weight is 1330 g/mol. The van der Waals surface area contributed by atoms with Crippen LogP contribution in [0.2, 0.25) is 0 Å². The van der Waals surface area contributed by atoms with Crippen LogP contribution in [0.3, 0.4) is 0 Å². The quantitative estimate of drug-likeness (QED) is 0.0222. The first-order chi connectivity index (χ1) is 43.5. The van der Waals surface area contributed by atoms with E-state index in [4.69, 9.17) is 37.0 Å². The van der Waals surface area contributed by atoms with E-state index in [9.17, 15) is 43.2 Å². The van der Waals surface area contributed by atoms with Gasteiger partial charge in [-0.25, -0.2) is 9.13 Å². The highest BCUT2D eigenvalue weighted by Gasteiger charge is 2.30. The third-order valence-corrected chi connectivity index (χ3v) is 18.4. The predicted octanol–water partition coefficient (Wildman–Crippen LogP) is 20.5. The number of esters is 4. The molecule has 0 aliphatic heterocycles. The number of phosphoric ester groups is 2. The van der Waals surface area contributed by atoms with E-state index in [1.807, 2.05) is 0 Å². The molecule has 0 aromatic rings. The summed E-state index contributed by atoms with van der Waals surface area (Å²) in [6.45, 7) is 7.20. The number of aliphatic hydroxyl groups excluding tert-OH is 1. The number of phosphoric acid groups is 2. The second-order valence-corrected chi connectivity index (χ2v) is 29.0. The zero-order chi connectivity index (χ0) is 66.3. The van der Waals surface area contributed by atoms with E-state index in [0.29, 0.717) is 31.6 Å². The molecule has 0 aliphatic carbocycles. The minimum Gasteiger partial charge on any atom is -0.462 e. The molecule has 0 radical (unpaired) electrons. The summed E-state index contributed by atoms with van der Waals surface area (Å²) in [5, 5.41) is 10.6. The van der Waals surface area contributed by atoms with Gasteiger partial charge in [-0.1, -0.05) is 317 Å². The third kappa shape index (κ3) is 64.8. The topological polar surface area (TPSA) is 237 Å². The van der Waals surface area contributed by atoms with Gasteiger partial charge in [-0.2, -0.15) is 0 Å². The maximum absolute atomic E-state index is 13.0. The molecule has 2 unspecified atom stereocenters. The maximum atomic E-state index is 13.0. The number of rotatable bonds is 71. The summed E-state index contributed by atoms with van der Waals surface area (Å²) in [6, 6.07) is 0. The lowest BCUT2D eigenvalue weighted by Crippen LogP contribution is -2.30. The monoisotopic (exact) mass is 1320 g/mol. The lowest BCUT2D eigenvalue weighted by atomic mass is 10.0. The molecule has 534 valence electrons. The Morgan fingerprint density at radius 3 is 0.756 bits per heavy atom. The van der Waals surface area contributed by atoms with Crippen molar-refractivity contribution in [3.8, 4) is 0 Å². The number of ether oxygens (including phenoxy) is 4. The maximum Gasteiger partial charge on any atom is 0.472 e. The second kappa shape index (κ2) is 64.4. The van der Waals surface area contributed by atoms with Crippen molar-refractivity contribution in [2.45, 2.75) is 387 Å². The Bertz CT molecular complexity index is 1740. The highest BCUT2D eigenvalue weighted by molar-refractivity contribution is 7.47. The van der Waals surface area contributed by atoms with Crippen molar-refractivity contribution < 1.29 is 80.2 Å². The first-order valence-corrected chi connectivity index (χ1v) is 40.1. The van der Waals surface area contributed by atoms with Crippen LogP contribution in [0.25, 0.3) is 0 Å². The number of carbonyl (C=O) groups excluding carboxylic acids is 4. The second-order valence-electron chi connectivity index (χ2n) is 26.1. The van der Waals surface area contributed by atoms with Gasteiger partial charge in [-0.15, -0.1) is 0 Å². The van der Waals surface area contributed by atoms with E-state index < -0.39 is 97.5 Å². The molecule has 0 heterocycles. The molecule has 3 N–H and O–H groups in total. The molecule has 17 nitrogen and oxygen atoms in total. The molecule has 0 spiro atoms. The highest BCUT2D eigenvalue weighted by atomic mass is 31.2. The van der Waals surface area contributed by atoms with Crippen LogP contribution in [0.5, 0.6) is 0 Å². The fourth-order valence-corrected chi connectivity index (χ4v) is 12.4. The van der Waals surface area contributed by atoms with Gasteiger partial charge in [-0.3, -0.25) is 37.3 Å². The first kappa shape index (κ1) is 88.1. The van der Waals surface area contributed by atoms with Gasteiger partial charge in [0.25, 0.3) is 0 Å². The Morgan fingerprint density at radius 2 is 0.511 bits per heavy atom. The Hall–Kier alpha value is -1.94. The van der Waals surface area contributed by atoms with Gasteiger partial charge in [0.05, 0.1) is 26.4 Å². The van der Waals surface area contributed by atoms with Crippen LogP contribution in [0.1, 0.15) is 369 Å². The summed E-state index contributed by atoms with van der Waals surface area (Å²) in [4.78, 5) is 72.5. The Morgan fingerprint density at radius 1 is 0.300 bits per heavy atom. The summed E-state index contributed by atoms with van der Waals surface area (Å²) in [5.41, 5.74) is 0. The fraction of sp³-hybridized carbons (Fsp3) is 0.944. The molecule has 0 saturated carbocycles. The van der Waals surface area contributed by atoms with E-state index in [2.05, 4.69) is 34.6 Å². The van der Waals surface area contributed by atoms with Crippen LogP contribution >= 0.6 is 15.6 Å². The van der Waals surface area contributed by atoms with Crippen molar-refractivity contribution in [3.63, 3.8) is 0 Å². The van der Waals surface area contributed by atoms with Crippen LogP contribution in [0, 0.1) is 5.92 Å². The van der Waals surface area contributed by atoms with Gasteiger partial charge in [0.15, 0.2) is 12.2 Å². The molecule has 0 aromatic heterocycles. The molecular formula is C71H138O17P2. The predicted molar refractivity (Wildman–Crippen MR) is 363 cm³/mol. The molecule has 0 aromatic carbocycles. The number of hydrogen-bond acceptors (Lipinski definition) is 15. The molecule has 5 atom stereocenters. The van der Waals surface area contributed by atoms with Gasteiger partial charge >= 0.3 is 39.5 Å². The van der Waals surface area contributed by atoms with Crippen LogP contribution < -0.4 is 0 Å². The molecule has 90 heavy (non-hydrogen) atoms. The third-order valence-electron chi connectivity index (χ3n) is 16.5. The number of aliphatic hydroxyl groups is 1. The molecule has 0 bridgehead atoms. The summed E-state index contributed by atoms with van der Waals surface area (Å²) in [6.07, 6.45) is 51.3. The van der Waals surface area contributed by atoms with Crippen LogP contribution in [0.15, 0.2) is 0 Å². The molecule has 0 amide bonds. The summed E-state index contributed by atoms with van der Waals surface area (Å²) in [5.74, 6) is -1.41. The molecule has 19 heteroatoms. The van der Waals surface area contributed by atoms with Gasteiger partial charge in [-0.05, 0) is 31.6 Å². The van der Waals surface area contributed by atoms with E-state index in [1.165, 1.54) is 186 Å². The molecule has 0 fully saturated rings. The number of hydrogen-bond donors (Lipinski definition) is 3. The minimum atomic E-state index is -4.95. The molecule has 0 rings (SSSR count). The van der Waals surface area contributed by atoms with Gasteiger partial charge in [0.1, 0.15) is 19.3 Å². The molecule has 0 saturated heterocycles. The van der Waals surface area contributed by atoms with Gasteiger partial charge < -0.3 is 33.8 Å². The number of carbonyl (C=O) groups is 4. The summed E-state index contributed by atoms with van der Waals surface area (Å²) in [7, 11) is -9.90. The van der Waals surface area contributed by atoms with Crippen molar-refractivity contribution >= 4 is 39.5 Å². The Balaban J connectivity index is 5.23. The van der Waals surface area contributed by atoms with E-state index >= 15 is 0 Å². The van der Waals surface area contributed by atoms with E-state index in [-0.39, 0.29) is 25.7 Å². The Kier molecular flexibility index (Phi) is 63.0. The van der Waals surface area contributed by atoms with Crippen LogP contribution in [0.4, 0.5) is 0 Å². The van der Waals surface area contributed by atoms with Crippen molar-refractivity contribution in [3.05, 3.63) is 0 Å². The summed E-state index contributed by atoms with van der Waals surface area (Å²) < 4.78 is 68.3. The van der Waals surface area contributed by atoms with Crippen molar-refractivity contribution in [1.29, 1.82) is 0 Å².